The molecule has 2 heteroatoms. The minimum Gasteiger partial charge on any atom is -0.134 e. The van der Waals surface area contributed by atoms with Crippen LogP contribution in [-0.2, 0) is 0 Å². The Balaban J connectivity index is 2.67. The van der Waals surface area contributed by atoms with Gasteiger partial charge in [-0.05, 0) is 35.9 Å². The molecule has 1 radical (unpaired) electrons. The molecular formula is C9H7S2. The van der Waals surface area contributed by atoms with Gasteiger partial charge in [0.2, 0.25) is 0 Å². The van der Waals surface area contributed by atoms with E-state index in [0.29, 0.717) is 0 Å². The zero-order chi connectivity index (χ0) is 7.68. The van der Waals surface area contributed by atoms with Crippen LogP contribution in [-0.4, -0.2) is 6.26 Å². The Hall–Kier alpha value is -0.470. The van der Waals surface area contributed by atoms with Gasteiger partial charge in [0.25, 0.3) is 0 Å². The molecule has 1 heterocycles. The van der Waals surface area contributed by atoms with Crippen LogP contribution in [0.25, 0.3) is 10.1 Å². The number of benzene rings is 1. The molecular weight excluding hydrogens is 172 g/mol. The Labute approximate surface area is 74.2 Å². The minimum absolute atomic E-state index is 1.31. The molecule has 0 aliphatic carbocycles. The molecule has 0 amide bonds. The van der Waals surface area contributed by atoms with Gasteiger partial charge in [0, 0.05) is 15.0 Å². The summed E-state index contributed by atoms with van der Waals surface area (Å²) in [5.74, 6) is 0. The lowest BCUT2D eigenvalue weighted by Crippen LogP contribution is -1.66. The second-order valence-electron chi connectivity index (χ2n) is 2.27. The Morgan fingerprint density at radius 1 is 1.45 bits per heavy atom. The first kappa shape index (κ1) is 7.19. The van der Waals surface area contributed by atoms with E-state index < -0.39 is 0 Å². The minimum atomic E-state index is 1.31. The van der Waals surface area contributed by atoms with Gasteiger partial charge in [-0.25, -0.2) is 0 Å². The number of fused-ring (bicyclic) bond motifs is 1. The van der Waals surface area contributed by atoms with Crippen LogP contribution in [0.5, 0.6) is 0 Å². The number of thiophene rings is 1. The Morgan fingerprint density at radius 3 is 3.18 bits per heavy atom. The molecule has 0 spiro atoms. The molecule has 0 saturated carbocycles. The van der Waals surface area contributed by atoms with Crippen LogP contribution in [0.3, 0.4) is 0 Å². The average molecular weight is 179 g/mol. The Morgan fingerprint density at radius 2 is 2.36 bits per heavy atom. The van der Waals surface area contributed by atoms with Crippen molar-refractivity contribution in [3.8, 4) is 0 Å². The maximum Gasteiger partial charge on any atom is 0.0455 e. The van der Waals surface area contributed by atoms with Crippen molar-refractivity contribution in [2.24, 2.45) is 0 Å². The summed E-state index contributed by atoms with van der Waals surface area (Å²) < 4.78 is 1.32. The molecule has 2 rings (SSSR count). The van der Waals surface area contributed by atoms with Crippen molar-refractivity contribution in [2.75, 3.05) is 6.26 Å². The number of hydrogen-bond acceptors (Lipinski definition) is 2. The van der Waals surface area contributed by atoms with Gasteiger partial charge in [0.05, 0.1) is 0 Å². The lowest BCUT2D eigenvalue weighted by Gasteiger charge is -1.94. The number of thioether (sulfide) groups is 1. The lowest BCUT2D eigenvalue weighted by molar-refractivity contribution is 1.53. The summed E-state index contributed by atoms with van der Waals surface area (Å²) in [5.41, 5.74) is 0. The average Bonchev–Trinajstić information content (AvgIpc) is 2.50. The van der Waals surface area contributed by atoms with Crippen molar-refractivity contribution in [1.82, 2.24) is 0 Å². The van der Waals surface area contributed by atoms with Gasteiger partial charge in [-0.1, -0.05) is 0 Å². The van der Waals surface area contributed by atoms with Crippen LogP contribution in [0.4, 0.5) is 0 Å². The highest BCUT2D eigenvalue weighted by Crippen LogP contribution is 2.24. The second-order valence-corrected chi connectivity index (χ2v) is 4.03. The highest BCUT2D eigenvalue weighted by Gasteiger charge is 1.95. The first-order valence-corrected chi connectivity index (χ1v) is 5.38. The summed E-state index contributed by atoms with van der Waals surface area (Å²) in [6.45, 7) is 0. The molecule has 0 nitrogen and oxygen atoms in total. The van der Waals surface area contributed by atoms with E-state index in [4.69, 9.17) is 0 Å². The van der Waals surface area contributed by atoms with Gasteiger partial charge in [0.15, 0.2) is 0 Å². The molecule has 0 aliphatic heterocycles. The van der Waals surface area contributed by atoms with E-state index >= 15 is 0 Å². The summed E-state index contributed by atoms with van der Waals surface area (Å²) >= 11 is 3.45. The highest BCUT2D eigenvalue weighted by atomic mass is 32.2. The molecule has 11 heavy (non-hydrogen) atoms. The standard InChI is InChI=1S/C9H7S2/c1-10-8-2-3-9-7(6-8)4-5-11-9/h2-4,6H,1H3. The van der Waals surface area contributed by atoms with Gasteiger partial charge >= 0.3 is 0 Å². The second kappa shape index (κ2) is 2.88. The molecule has 0 bridgehead atoms. The summed E-state index contributed by atoms with van der Waals surface area (Å²) in [7, 11) is 0. The van der Waals surface area contributed by atoms with E-state index in [1.165, 1.54) is 15.0 Å². The molecule has 1 aromatic carbocycles. The van der Waals surface area contributed by atoms with E-state index in [2.05, 4.69) is 29.8 Å². The van der Waals surface area contributed by atoms with Gasteiger partial charge in [-0.2, -0.15) is 0 Å². The van der Waals surface area contributed by atoms with Gasteiger partial charge in [-0.15, -0.1) is 23.1 Å². The monoisotopic (exact) mass is 179 g/mol. The van der Waals surface area contributed by atoms with E-state index in [1.807, 2.05) is 6.07 Å². The summed E-state index contributed by atoms with van der Waals surface area (Å²) in [4.78, 5) is 1.32. The van der Waals surface area contributed by atoms with Crippen molar-refractivity contribution >= 4 is 33.2 Å². The van der Waals surface area contributed by atoms with Crippen LogP contribution in [0, 0.1) is 5.38 Å². The van der Waals surface area contributed by atoms with Crippen molar-refractivity contribution in [3.63, 3.8) is 0 Å². The van der Waals surface area contributed by atoms with Gasteiger partial charge in [-0.3, -0.25) is 0 Å². The van der Waals surface area contributed by atoms with Crippen molar-refractivity contribution in [3.05, 3.63) is 29.6 Å². The van der Waals surface area contributed by atoms with Gasteiger partial charge < -0.3 is 0 Å². The van der Waals surface area contributed by atoms with Crippen LogP contribution >= 0.6 is 23.1 Å². The van der Waals surface area contributed by atoms with Crippen molar-refractivity contribution in [2.45, 2.75) is 4.90 Å². The van der Waals surface area contributed by atoms with Crippen molar-refractivity contribution in [1.29, 1.82) is 0 Å². The predicted octanol–water partition coefficient (Wildman–Crippen LogP) is 3.42. The van der Waals surface area contributed by atoms with Crippen LogP contribution < -0.4 is 0 Å². The third-order valence-corrected chi connectivity index (χ3v) is 3.15. The fraction of sp³-hybridized carbons (Fsp3) is 0.111. The number of hydrogen-bond donors (Lipinski definition) is 0. The predicted molar refractivity (Wildman–Crippen MR) is 52.4 cm³/mol. The molecule has 2 aromatic rings. The maximum atomic E-state index is 3.12. The smallest absolute Gasteiger partial charge is 0.0455 e. The first-order chi connectivity index (χ1) is 5.40. The Kier molecular flexibility index (Phi) is 1.88. The van der Waals surface area contributed by atoms with Crippen LogP contribution in [0.1, 0.15) is 0 Å². The fourth-order valence-electron chi connectivity index (χ4n) is 1.02. The number of rotatable bonds is 1. The summed E-state index contributed by atoms with van der Waals surface area (Å²) in [5, 5.41) is 4.43. The topological polar surface area (TPSA) is 0 Å². The van der Waals surface area contributed by atoms with E-state index in [0.717, 1.165) is 0 Å². The summed E-state index contributed by atoms with van der Waals surface area (Å²) in [6, 6.07) is 8.55. The molecule has 0 N–H and O–H groups in total. The van der Waals surface area contributed by atoms with Crippen molar-refractivity contribution < 1.29 is 0 Å². The fourth-order valence-corrected chi connectivity index (χ4v) is 2.15. The molecule has 1 aromatic heterocycles. The molecule has 0 atom stereocenters. The van der Waals surface area contributed by atoms with Crippen LogP contribution in [0.2, 0.25) is 0 Å². The van der Waals surface area contributed by atoms with E-state index in [9.17, 15) is 0 Å². The van der Waals surface area contributed by atoms with Crippen LogP contribution in [0.15, 0.2) is 29.2 Å². The SMILES string of the molecule is CSc1ccc2s[c]cc2c1. The third-order valence-electron chi connectivity index (χ3n) is 1.60. The summed E-state index contributed by atoms with van der Waals surface area (Å²) in [6.07, 6.45) is 2.09. The highest BCUT2D eigenvalue weighted by molar-refractivity contribution is 7.98. The molecule has 0 unspecified atom stereocenters. The zero-order valence-corrected chi connectivity index (χ0v) is 7.76. The zero-order valence-electron chi connectivity index (χ0n) is 6.13. The first-order valence-electron chi connectivity index (χ1n) is 3.34. The van der Waals surface area contributed by atoms with Gasteiger partial charge in [0.1, 0.15) is 0 Å². The normalized spacial score (nSPS) is 10.6. The molecule has 0 saturated heterocycles. The lowest BCUT2D eigenvalue weighted by atomic mass is 10.3. The molecule has 55 valence electrons. The largest absolute Gasteiger partial charge is 0.134 e. The maximum absolute atomic E-state index is 3.12. The quantitative estimate of drug-likeness (QED) is 0.604. The van der Waals surface area contributed by atoms with E-state index in [1.54, 1.807) is 23.1 Å². The van der Waals surface area contributed by atoms with E-state index in [-0.39, 0.29) is 0 Å². The Bertz CT molecular complexity index is 362. The molecule has 0 fully saturated rings. The third kappa shape index (κ3) is 1.28. The molecule has 0 aliphatic rings.